The molecule has 0 radical (unpaired) electrons. The monoisotopic (exact) mass is 514 g/mol. The molecular formula is C23H27BrN6O3. The van der Waals surface area contributed by atoms with Gasteiger partial charge in [0.25, 0.3) is 5.91 Å². The number of nitrogens with one attached hydrogen (secondary N) is 2. The third-order valence-electron chi connectivity index (χ3n) is 5.74. The predicted octanol–water partition coefficient (Wildman–Crippen LogP) is 2.77. The van der Waals surface area contributed by atoms with E-state index in [1.54, 1.807) is 35.5 Å². The maximum absolute atomic E-state index is 13.2. The van der Waals surface area contributed by atoms with Gasteiger partial charge < -0.3 is 25.2 Å². The highest BCUT2D eigenvalue weighted by Crippen LogP contribution is 2.30. The maximum atomic E-state index is 13.2. The Morgan fingerprint density at radius 1 is 1.21 bits per heavy atom. The number of hydrogen-bond donors (Lipinski definition) is 2. The fourth-order valence-electron chi connectivity index (χ4n) is 4.02. The van der Waals surface area contributed by atoms with Crippen LogP contribution < -0.4 is 15.4 Å². The number of likely N-dealkylation sites (N-methyl/N-ethyl adjacent to an activating group) is 1. The lowest BCUT2D eigenvalue weighted by molar-refractivity contribution is -0.111. The lowest BCUT2D eigenvalue weighted by atomic mass is 10.1. The van der Waals surface area contributed by atoms with E-state index in [0.29, 0.717) is 36.0 Å². The number of ether oxygens (including phenoxy) is 1. The second-order valence-electron chi connectivity index (χ2n) is 8.30. The second kappa shape index (κ2) is 10.3. The molecule has 3 heterocycles. The molecule has 2 fully saturated rings. The fourth-order valence-corrected chi connectivity index (χ4v) is 4.23. The number of benzene rings is 1. The van der Waals surface area contributed by atoms with Crippen molar-refractivity contribution >= 4 is 39.4 Å². The summed E-state index contributed by atoms with van der Waals surface area (Å²) in [5.74, 6) is 0.627. The fraction of sp³-hybridized carbons (Fsp3) is 0.391. The van der Waals surface area contributed by atoms with Gasteiger partial charge in [-0.15, -0.1) is 0 Å². The third-order valence-corrected chi connectivity index (χ3v) is 6.15. The molecule has 0 saturated carbocycles. The number of anilines is 2. The molecule has 0 spiro atoms. The Balaban J connectivity index is 1.46. The van der Waals surface area contributed by atoms with Crippen LogP contribution in [0.2, 0.25) is 0 Å². The summed E-state index contributed by atoms with van der Waals surface area (Å²) in [4.78, 5) is 37.6. The Kier molecular flexibility index (Phi) is 7.24. The van der Waals surface area contributed by atoms with E-state index in [4.69, 9.17) is 4.74 Å². The van der Waals surface area contributed by atoms with Crippen LogP contribution in [-0.4, -0.2) is 77.0 Å². The predicted molar refractivity (Wildman–Crippen MR) is 129 cm³/mol. The summed E-state index contributed by atoms with van der Waals surface area (Å²) in [6.07, 6.45) is 6.27. The summed E-state index contributed by atoms with van der Waals surface area (Å²) >= 11 is 3.32. The van der Waals surface area contributed by atoms with E-state index < -0.39 is 0 Å². The molecule has 33 heavy (non-hydrogen) atoms. The number of amides is 2. The molecule has 2 aromatic rings. The number of halogens is 1. The average Bonchev–Trinajstić information content (AvgIpc) is 3.44. The van der Waals surface area contributed by atoms with Crippen molar-refractivity contribution in [3.05, 3.63) is 53.3 Å². The van der Waals surface area contributed by atoms with Crippen LogP contribution in [0.4, 0.5) is 11.6 Å². The number of nitrogens with zero attached hydrogens (tertiary/aromatic N) is 4. The first kappa shape index (κ1) is 23.2. The van der Waals surface area contributed by atoms with E-state index in [2.05, 4.69) is 48.0 Å². The van der Waals surface area contributed by atoms with Crippen molar-refractivity contribution < 1.29 is 14.3 Å². The van der Waals surface area contributed by atoms with Crippen molar-refractivity contribution in [1.29, 1.82) is 0 Å². The molecule has 174 valence electrons. The Labute approximate surface area is 201 Å². The zero-order valence-corrected chi connectivity index (χ0v) is 20.0. The van der Waals surface area contributed by atoms with Crippen LogP contribution in [0.25, 0.3) is 0 Å². The van der Waals surface area contributed by atoms with Crippen molar-refractivity contribution in [2.75, 3.05) is 43.9 Å². The van der Waals surface area contributed by atoms with Gasteiger partial charge in [-0.25, -0.2) is 9.97 Å². The highest BCUT2D eigenvalue weighted by Gasteiger charge is 2.29. The molecule has 0 aliphatic carbocycles. The summed E-state index contributed by atoms with van der Waals surface area (Å²) < 4.78 is 7.00. The first-order valence-corrected chi connectivity index (χ1v) is 11.7. The molecule has 2 saturated heterocycles. The van der Waals surface area contributed by atoms with Crippen molar-refractivity contribution in [2.45, 2.75) is 25.0 Å². The van der Waals surface area contributed by atoms with Crippen LogP contribution in [0.1, 0.15) is 23.2 Å². The van der Waals surface area contributed by atoms with Crippen LogP contribution in [0.15, 0.2) is 47.7 Å². The molecule has 2 amide bonds. The summed E-state index contributed by atoms with van der Waals surface area (Å²) in [6.45, 7) is 6.43. The Morgan fingerprint density at radius 2 is 2.00 bits per heavy atom. The third kappa shape index (κ3) is 5.88. The molecule has 9 nitrogen and oxygen atoms in total. The number of carbonyl (C=O) groups excluding carboxylic acids is 2. The maximum Gasteiger partial charge on any atom is 0.254 e. The van der Waals surface area contributed by atoms with Gasteiger partial charge in [-0.3, -0.25) is 9.59 Å². The van der Waals surface area contributed by atoms with Crippen molar-refractivity contribution in [1.82, 2.24) is 19.8 Å². The second-order valence-corrected chi connectivity index (χ2v) is 9.22. The van der Waals surface area contributed by atoms with Crippen LogP contribution in [0.5, 0.6) is 5.75 Å². The van der Waals surface area contributed by atoms with E-state index in [1.807, 2.05) is 7.05 Å². The van der Waals surface area contributed by atoms with Gasteiger partial charge in [-0.2, -0.15) is 0 Å². The Bertz CT molecular complexity index is 1030. The molecule has 0 bridgehead atoms. The van der Waals surface area contributed by atoms with Gasteiger partial charge in [0.2, 0.25) is 11.9 Å². The number of carbonyl (C=O) groups is 2. The Hall–Kier alpha value is -2.98. The van der Waals surface area contributed by atoms with E-state index >= 15 is 0 Å². The van der Waals surface area contributed by atoms with Gasteiger partial charge in [0.05, 0.1) is 10.2 Å². The van der Waals surface area contributed by atoms with Crippen LogP contribution in [0.3, 0.4) is 0 Å². The van der Waals surface area contributed by atoms with Gasteiger partial charge in [-0.05, 0) is 60.1 Å². The number of aromatic nitrogens is 2. The largest absolute Gasteiger partial charge is 0.487 e. The summed E-state index contributed by atoms with van der Waals surface area (Å²) in [5.41, 5.74) is 1.05. The van der Waals surface area contributed by atoms with Gasteiger partial charge in [-0.1, -0.05) is 6.58 Å². The molecule has 10 heteroatoms. The standard InChI is InChI=1S/C23H27BrN6O3/c1-3-21(31)28-19-5-4-15(10-20(19)33-18-7-8-29(2)14-18)22(32)30-9-6-17(13-30)27-23-25-11-16(24)12-26-23/h3-5,10-12,17-18H,1,6-9,13-14H2,2H3,(H,28,31)(H,25,26,27)/t17-,18-/m1/s1. The minimum atomic E-state index is -0.328. The number of likely N-dealkylation sites (tertiary alicyclic amines) is 2. The quantitative estimate of drug-likeness (QED) is 0.548. The molecular weight excluding hydrogens is 488 g/mol. The molecule has 2 atom stereocenters. The number of rotatable bonds is 7. The van der Waals surface area contributed by atoms with E-state index in [-0.39, 0.29) is 24.0 Å². The first-order chi connectivity index (χ1) is 15.9. The molecule has 1 aromatic carbocycles. The van der Waals surface area contributed by atoms with Crippen molar-refractivity contribution in [3.8, 4) is 5.75 Å². The normalized spacial score (nSPS) is 20.5. The smallest absolute Gasteiger partial charge is 0.254 e. The van der Waals surface area contributed by atoms with Crippen LogP contribution >= 0.6 is 15.9 Å². The molecule has 0 unspecified atom stereocenters. The molecule has 2 aliphatic heterocycles. The van der Waals surface area contributed by atoms with Crippen molar-refractivity contribution in [2.24, 2.45) is 0 Å². The van der Waals surface area contributed by atoms with E-state index in [9.17, 15) is 9.59 Å². The lowest BCUT2D eigenvalue weighted by Gasteiger charge is -2.20. The summed E-state index contributed by atoms with van der Waals surface area (Å²) in [5, 5.41) is 6.05. The lowest BCUT2D eigenvalue weighted by Crippen LogP contribution is -2.32. The van der Waals surface area contributed by atoms with Gasteiger partial charge in [0, 0.05) is 50.2 Å². The number of hydrogen-bond acceptors (Lipinski definition) is 7. The highest BCUT2D eigenvalue weighted by atomic mass is 79.9. The zero-order valence-electron chi connectivity index (χ0n) is 18.5. The molecule has 4 rings (SSSR count). The minimum Gasteiger partial charge on any atom is -0.487 e. The van der Waals surface area contributed by atoms with E-state index in [0.717, 1.165) is 30.4 Å². The van der Waals surface area contributed by atoms with Gasteiger partial charge in [0.1, 0.15) is 11.9 Å². The zero-order chi connectivity index (χ0) is 23.4. The molecule has 2 N–H and O–H groups in total. The average molecular weight is 515 g/mol. The van der Waals surface area contributed by atoms with Gasteiger partial charge in [0.15, 0.2) is 0 Å². The van der Waals surface area contributed by atoms with E-state index in [1.165, 1.54) is 6.08 Å². The van der Waals surface area contributed by atoms with Crippen molar-refractivity contribution in [3.63, 3.8) is 0 Å². The molecule has 1 aromatic heterocycles. The van der Waals surface area contributed by atoms with Crippen LogP contribution in [0, 0.1) is 0 Å². The SMILES string of the molecule is C=CC(=O)Nc1ccc(C(=O)N2CC[C@@H](Nc3ncc(Br)cn3)C2)cc1O[C@@H]1CCN(C)C1. The molecule has 2 aliphatic rings. The summed E-state index contributed by atoms with van der Waals surface area (Å²) in [7, 11) is 2.04. The topological polar surface area (TPSA) is 99.7 Å². The summed E-state index contributed by atoms with van der Waals surface area (Å²) in [6, 6.07) is 5.22. The first-order valence-electron chi connectivity index (χ1n) is 10.9. The highest BCUT2D eigenvalue weighted by molar-refractivity contribution is 9.10. The van der Waals surface area contributed by atoms with Gasteiger partial charge >= 0.3 is 0 Å². The van der Waals surface area contributed by atoms with Crippen LogP contribution in [-0.2, 0) is 4.79 Å². The minimum absolute atomic E-state index is 0.00557. The Morgan fingerprint density at radius 3 is 2.70 bits per heavy atom.